The van der Waals surface area contributed by atoms with E-state index in [0.717, 1.165) is 36.0 Å². The van der Waals surface area contributed by atoms with Gasteiger partial charge in [0.25, 0.3) is 0 Å². The zero-order valence-corrected chi connectivity index (χ0v) is 12.6. The number of hydrogen-bond acceptors (Lipinski definition) is 2. The van der Waals surface area contributed by atoms with E-state index in [-0.39, 0.29) is 5.92 Å². The number of amides is 1. The van der Waals surface area contributed by atoms with Gasteiger partial charge in [-0.25, -0.2) is 0 Å². The molecule has 3 heteroatoms. The third-order valence-corrected chi connectivity index (χ3v) is 4.81. The summed E-state index contributed by atoms with van der Waals surface area (Å²) in [5.74, 6) is 3.14. The van der Waals surface area contributed by atoms with Crippen LogP contribution in [0.4, 0.5) is 0 Å². The highest BCUT2D eigenvalue weighted by Crippen LogP contribution is 2.54. The highest BCUT2D eigenvalue weighted by molar-refractivity contribution is 5.79. The molecule has 3 rings (SSSR count). The van der Waals surface area contributed by atoms with Crippen LogP contribution in [0.15, 0.2) is 18.2 Å². The first-order valence-electron chi connectivity index (χ1n) is 7.47. The van der Waals surface area contributed by atoms with Crippen LogP contribution in [0, 0.1) is 24.7 Å². The smallest absolute Gasteiger partial charge is 0.225 e. The second kappa shape index (κ2) is 5.12. The van der Waals surface area contributed by atoms with E-state index >= 15 is 0 Å². The van der Waals surface area contributed by atoms with E-state index in [4.69, 9.17) is 4.74 Å². The van der Waals surface area contributed by atoms with Crippen LogP contribution >= 0.6 is 0 Å². The Morgan fingerprint density at radius 2 is 2.00 bits per heavy atom. The van der Waals surface area contributed by atoms with Crippen molar-refractivity contribution in [3.63, 3.8) is 0 Å². The highest BCUT2D eigenvalue weighted by Gasteiger charge is 2.48. The van der Waals surface area contributed by atoms with E-state index in [2.05, 4.69) is 13.0 Å². The van der Waals surface area contributed by atoms with E-state index in [1.54, 1.807) is 7.11 Å². The molecule has 0 spiro atoms. The Labute approximate surface area is 120 Å². The molecule has 2 aliphatic rings. The predicted octanol–water partition coefficient (Wildman–Crippen LogP) is 3.01. The van der Waals surface area contributed by atoms with Crippen molar-refractivity contribution in [2.24, 2.45) is 17.8 Å². The van der Waals surface area contributed by atoms with Crippen molar-refractivity contribution in [2.45, 2.75) is 32.7 Å². The number of rotatable bonds is 4. The van der Waals surface area contributed by atoms with Crippen molar-refractivity contribution in [1.29, 1.82) is 0 Å². The second-order valence-corrected chi connectivity index (χ2v) is 6.43. The molecule has 2 atom stereocenters. The van der Waals surface area contributed by atoms with Gasteiger partial charge in [0.2, 0.25) is 5.91 Å². The summed E-state index contributed by atoms with van der Waals surface area (Å²) < 4.78 is 5.39. The summed E-state index contributed by atoms with van der Waals surface area (Å²) >= 11 is 0. The molecular weight excluding hydrogens is 250 g/mol. The van der Waals surface area contributed by atoms with Crippen LogP contribution in [-0.2, 0) is 11.3 Å². The quantitative estimate of drug-likeness (QED) is 0.844. The third-order valence-electron chi connectivity index (χ3n) is 4.81. The zero-order valence-electron chi connectivity index (χ0n) is 12.6. The SMILES string of the molecule is COc1ccc(C)cc1CN(C)C(=O)C1CC2CC2C1. The second-order valence-electron chi connectivity index (χ2n) is 6.43. The molecule has 0 N–H and O–H groups in total. The molecule has 0 heterocycles. The van der Waals surface area contributed by atoms with Gasteiger partial charge in [-0.05, 0) is 44.1 Å². The van der Waals surface area contributed by atoms with Crippen molar-refractivity contribution >= 4 is 5.91 Å². The Kier molecular flexibility index (Phi) is 3.45. The fraction of sp³-hybridized carbons (Fsp3) is 0.588. The molecule has 3 nitrogen and oxygen atoms in total. The molecular formula is C17H23NO2. The van der Waals surface area contributed by atoms with Crippen LogP contribution in [-0.4, -0.2) is 25.0 Å². The van der Waals surface area contributed by atoms with Gasteiger partial charge < -0.3 is 9.64 Å². The van der Waals surface area contributed by atoms with Crippen LogP contribution in [0.1, 0.15) is 30.4 Å². The maximum atomic E-state index is 12.5. The largest absolute Gasteiger partial charge is 0.496 e. The van der Waals surface area contributed by atoms with Crippen LogP contribution in [0.2, 0.25) is 0 Å². The lowest BCUT2D eigenvalue weighted by Crippen LogP contribution is -2.32. The average Bonchev–Trinajstić information content (AvgIpc) is 3.04. The molecule has 2 aliphatic carbocycles. The predicted molar refractivity (Wildman–Crippen MR) is 78.5 cm³/mol. The van der Waals surface area contributed by atoms with Crippen molar-refractivity contribution < 1.29 is 9.53 Å². The summed E-state index contributed by atoms with van der Waals surface area (Å²) in [7, 11) is 3.59. The molecule has 0 saturated heterocycles. The van der Waals surface area contributed by atoms with Crippen LogP contribution in [0.25, 0.3) is 0 Å². The summed E-state index contributed by atoms with van der Waals surface area (Å²) in [6.07, 6.45) is 3.58. The number of methoxy groups -OCH3 is 1. The zero-order chi connectivity index (χ0) is 14.3. The highest BCUT2D eigenvalue weighted by atomic mass is 16.5. The Hall–Kier alpha value is -1.51. The van der Waals surface area contributed by atoms with E-state index < -0.39 is 0 Å². The van der Waals surface area contributed by atoms with Crippen molar-refractivity contribution in [1.82, 2.24) is 4.90 Å². The van der Waals surface area contributed by atoms with Gasteiger partial charge in [-0.3, -0.25) is 4.79 Å². The summed E-state index contributed by atoms with van der Waals surface area (Å²) in [6, 6.07) is 6.12. The number of ether oxygens (including phenoxy) is 1. The Bertz CT molecular complexity index is 516. The van der Waals surface area contributed by atoms with E-state index in [0.29, 0.717) is 12.5 Å². The van der Waals surface area contributed by atoms with Crippen LogP contribution in [0.3, 0.4) is 0 Å². The first kappa shape index (κ1) is 13.5. The van der Waals surface area contributed by atoms with Gasteiger partial charge >= 0.3 is 0 Å². The average molecular weight is 273 g/mol. The Morgan fingerprint density at radius 1 is 1.30 bits per heavy atom. The fourth-order valence-corrected chi connectivity index (χ4v) is 3.59. The molecule has 20 heavy (non-hydrogen) atoms. The number of fused-ring (bicyclic) bond motifs is 1. The van der Waals surface area contributed by atoms with E-state index in [9.17, 15) is 4.79 Å². The Balaban J connectivity index is 1.67. The van der Waals surface area contributed by atoms with Gasteiger partial charge in [0.1, 0.15) is 5.75 Å². The maximum Gasteiger partial charge on any atom is 0.225 e. The van der Waals surface area contributed by atoms with Gasteiger partial charge in [0, 0.05) is 25.1 Å². The molecule has 0 bridgehead atoms. The van der Waals surface area contributed by atoms with E-state index in [1.807, 2.05) is 24.1 Å². The number of benzene rings is 1. The molecule has 0 aromatic heterocycles. The minimum absolute atomic E-state index is 0.263. The summed E-state index contributed by atoms with van der Waals surface area (Å²) in [5.41, 5.74) is 2.29. The molecule has 2 saturated carbocycles. The standard InChI is InChI=1S/C17H23NO2/c1-11-4-5-16(20-3)15(6-11)10-18(2)17(19)14-8-12-7-13(12)9-14/h4-6,12-14H,7-10H2,1-3H3. The Morgan fingerprint density at radius 3 is 2.65 bits per heavy atom. The van der Waals surface area contributed by atoms with Crippen molar-refractivity contribution in [2.75, 3.05) is 14.2 Å². The monoisotopic (exact) mass is 273 g/mol. The lowest BCUT2D eigenvalue weighted by molar-refractivity contribution is -0.134. The van der Waals surface area contributed by atoms with Gasteiger partial charge in [0.05, 0.1) is 7.11 Å². The molecule has 0 aliphatic heterocycles. The number of carbonyl (C=O) groups excluding carboxylic acids is 1. The molecule has 1 aromatic carbocycles. The maximum absolute atomic E-state index is 12.5. The van der Waals surface area contributed by atoms with Gasteiger partial charge in [0.15, 0.2) is 0 Å². The number of nitrogens with zero attached hydrogens (tertiary/aromatic N) is 1. The van der Waals surface area contributed by atoms with Gasteiger partial charge in [-0.2, -0.15) is 0 Å². The number of aryl methyl sites for hydroxylation is 1. The van der Waals surface area contributed by atoms with Gasteiger partial charge in [-0.15, -0.1) is 0 Å². The lowest BCUT2D eigenvalue weighted by Gasteiger charge is -2.23. The normalized spacial score (nSPS) is 27.1. The van der Waals surface area contributed by atoms with Crippen LogP contribution < -0.4 is 4.74 Å². The molecule has 2 fully saturated rings. The summed E-state index contributed by atoms with van der Waals surface area (Å²) in [6.45, 7) is 2.70. The minimum atomic E-state index is 0.263. The van der Waals surface area contributed by atoms with E-state index in [1.165, 1.54) is 12.0 Å². The topological polar surface area (TPSA) is 29.5 Å². The lowest BCUT2D eigenvalue weighted by atomic mass is 10.0. The first-order valence-corrected chi connectivity index (χ1v) is 7.47. The van der Waals surface area contributed by atoms with Gasteiger partial charge in [-0.1, -0.05) is 17.7 Å². The molecule has 2 unspecified atom stereocenters. The van der Waals surface area contributed by atoms with Crippen molar-refractivity contribution in [3.8, 4) is 5.75 Å². The van der Waals surface area contributed by atoms with Crippen molar-refractivity contribution in [3.05, 3.63) is 29.3 Å². The van der Waals surface area contributed by atoms with Crippen LogP contribution in [0.5, 0.6) is 5.75 Å². The first-order chi connectivity index (χ1) is 9.58. The minimum Gasteiger partial charge on any atom is -0.496 e. The number of carbonyl (C=O) groups is 1. The fourth-order valence-electron chi connectivity index (χ4n) is 3.59. The molecule has 0 radical (unpaired) electrons. The third kappa shape index (κ3) is 2.54. The molecule has 108 valence electrons. The summed E-state index contributed by atoms with van der Waals surface area (Å²) in [5, 5.41) is 0. The molecule has 1 aromatic rings. The number of hydrogen-bond donors (Lipinski definition) is 0. The summed E-state index contributed by atoms with van der Waals surface area (Å²) in [4.78, 5) is 14.4. The molecule has 1 amide bonds.